The molecule has 4 rings (SSSR count). The van der Waals surface area contributed by atoms with Crippen molar-refractivity contribution in [1.82, 2.24) is 19.4 Å². The summed E-state index contributed by atoms with van der Waals surface area (Å²) in [4.78, 5) is 25.8. The molecule has 1 atom stereocenters. The number of carbonyl (C=O) groups excluding carboxylic acids is 1. The second kappa shape index (κ2) is 8.46. The summed E-state index contributed by atoms with van der Waals surface area (Å²) in [6.45, 7) is 9.61. The van der Waals surface area contributed by atoms with Crippen molar-refractivity contribution in [2.45, 2.75) is 39.3 Å². The van der Waals surface area contributed by atoms with Crippen LogP contribution in [0.2, 0.25) is 5.02 Å². The lowest BCUT2D eigenvalue weighted by Crippen LogP contribution is -2.55. The molecule has 9 heteroatoms. The second-order valence-electron chi connectivity index (χ2n) is 8.69. The van der Waals surface area contributed by atoms with Crippen molar-refractivity contribution in [1.29, 1.82) is 0 Å². The minimum atomic E-state index is -0.508. The Bertz CT molecular complexity index is 1130. The number of anilines is 1. The van der Waals surface area contributed by atoms with Gasteiger partial charge in [0.05, 0.1) is 5.39 Å². The van der Waals surface area contributed by atoms with E-state index in [1.807, 2.05) is 56.5 Å². The molecule has 164 valence electrons. The highest BCUT2D eigenvalue weighted by Gasteiger charge is 2.32. The summed E-state index contributed by atoms with van der Waals surface area (Å²) >= 11 is 8.53. The molecule has 2 aromatic heterocycles. The van der Waals surface area contributed by atoms with Crippen LogP contribution in [0, 0.1) is 3.57 Å². The third-order valence-corrected chi connectivity index (χ3v) is 6.21. The fourth-order valence-corrected chi connectivity index (χ4v) is 4.75. The SMILES string of the molecule is CC1CN(c2ncnc3c2c(I)cn3-c2cccc(Cl)c2)CCN1C(=O)OC(C)(C)C. The van der Waals surface area contributed by atoms with Crippen molar-refractivity contribution in [3.8, 4) is 5.69 Å². The van der Waals surface area contributed by atoms with Crippen molar-refractivity contribution < 1.29 is 9.53 Å². The molecule has 0 aliphatic carbocycles. The van der Waals surface area contributed by atoms with Gasteiger partial charge in [-0.2, -0.15) is 0 Å². The summed E-state index contributed by atoms with van der Waals surface area (Å²) < 4.78 is 8.66. The zero-order valence-corrected chi connectivity index (χ0v) is 20.9. The van der Waals surface area contributed by atoms with Crippen molar-refractivity contribution in [2.75, 3.05) is 24.5 Å². The first-order chi connectivity index (χ1) is 14.6. The molecule has 1 aliphatic heterocycles. The normalized spacial score (nSPS) is 17.3. The Kier molecular flexibility index (Phi) is 6.04. The lowest BCUT2D eigenvalue weighted by atomic mass is 10.2. The van der Waals surface area contributed by atoms with Crippen LogP contribution in [0.3, 0.4) is 0 Å². The second-order valence-corrected chi connectivity index (χ2v) is 10.3. The van der Waals surface area contributed by atoms with Gasteiger partial charge in [0.2, 0.25) is 0 Å². The number of benzene rings is 1. The van der Waals surface area contributed by atoms with Crippen LogP contribution in [0.5, 0.6) is 0 Å². The fourth-order valence-electron chi connectivity index (χ4n) is 3.81. The van der Waals surface area contributed by atoms with Gasteiger partial charge in [0.25, 0.3) is 0 Å². The lowest BCUT2D eigenvalue weighted by Gasteiger charge is -2.40. The van der Waals surface area contributed by atoms with Gasteiger partial charge < -0.3 is 19.1 Å². The third-order valence-electron chi connectivity index (χ3n) is 5.16. The molecule has 1 fully saturated rings. The number of carbonyl (C=O) groups is 1. The standard InChI is InChI=1S/C22H25ClIN5O2/c1-14-11-27(8-9-28(14)21(30)31-22(2,3)4)19-18-17(24)12-29(20(18)26-13-25-19)16-7-5-6-15(23)10-16/h5-7,10,12-14H,8-9,11H2,1-4H3. The van der Waals surface area contributed by atoms with Crippen LogP contribution in [-0.2, 0) is 4.74 Å². The van der Waals surface area contributed by atoms with Gasteiger partial charge in [0, 0.05) is 46.2 Å². The van der Waals surface area contributed by atoms with E-state index in [0.717, 1.165) is 26.1 Å². The van der Waals surface area contributed by atoms with E-state index in [1.165, 1.54) is 0 Å². The summed E-state index contributed by atoms with van der Waals surface area (Å²) in [6.07, 6.45) is 3.38. The van der Waals surface area contributed by atoms with Crippen LogP contribution in [0.15, 0.2) is 36.8 Å². The topological polar surface area (TPSA) is 63.5 Å². The van der Waals surface area contributed by atoms with E-state index in [4.69, 9.17) is 16.3 Å². The molecular weight excluding hydrogens is 529 g/mol. The number of halogens is 2. The van der Waals surface area contributed by atoms with Gasteiger partial charge in [-0.05, 0) is 68.5 Å². The van der Waals surface area contributed by atoms with E-state index in [-0.39, 0.29) is 12.1 Å². The molecule has 0 N–H and O–H groups in total. The zero-order valence-electron chi connectivity index (χ0n) is 18.0. The summed E-state index contributed by atoms with van der Waals surface area (Å²) in [6, 6.07) is 7.70. The van der Waals surface area contributed by atoms with E-state index in [1.54, 1.807) is 11.2 Å². The number of amides is 1. The maximum absolute atomic E-state index is 12.6. The summed E-state index contributed by atoms with van der Waals surface area (Å²) in [5, 5.41) is 1.68. The quantitative estimate of drug-likeness (QED) is 0.412. The lowest BCUT2D eigenvalue weighted by molar-refractivity contribution is 0.0159. The molecule has 1 unspecified atom stereocenters. The largest absolute Gasteiger partial charge is 0.444 e. The number of hydrogen-bond acceptors (Lipinski definition) is 5. The number of fused-ring (bicyclic) bond motifs is 1. The van der Waals surface area contributed by atoms with Gasteiger partial charge in [-0.25, -0.2) is 14.8 Å². The van der Waals surface area contributed by atoms with Crippen molar-refractivity contribution >= 4 is 57.1 Å². The van der Waals surface area contributed by atoms with E-state index in [9.17, 15) is 4.79 Å². The molecular formula is C22H25ClIN5O2. The van der Waals surface area contributed by atoms with Gasteiger partial charge in [0.1, 0.15) is 17.7 Å². The molecule has 0 radical (unpaired) electrons. The van der Waals surface area contributed by atoms with Crippen LogP contribution in [0.1, 0.15) is 27.7 Å². The molecule has 1 aliphatic rings. The number of piperazine rings is 1. The number of ether oxygens (including phenoxy) is 1. The van der Waals surface area contributed by atoms with E-state index < -0.39 is 5.60 Å². The van der Waals surface area contributed by atoms with E-state index in [0.29, 0.717) is 24.7 Å². The predicted molar refractivity (Wildman–Crippen MR) is 131 cm³/mol. The third kappa shape index (κ3) is 4.59. The smallest absolute Gasteiger partial charge is 0.410 e. The first-order valence-corrected chi connectivity index (χ1v) is 11.6. The Balaban J connectivity index is 1.63. The van der Waals surface area contributed by atoms with Crippen LogP contribution in [-0.4, -0.2) is 56.8 Å². The van der Waals surface area contributed by atoms with Crippen LogP contribution in [0.25, 0.3) is 16.7 Å². The fraction of sp³-hybridized carbons (Fsp3) is 0.409. The maximum Gasteiger partial charge on any atom is 0.410 e. The summed E-state index contributed by atoms with van der Waals surface area (Å²) in [5.41, 5.74) is 1.28. The molecule has 1 amide bonds. The minimum Gasteiger partial charge on any atom is -0.444 e. The van der Waals surface area contributed by atoms with E-state index in [2.05, 4.69) is 43.7 Å². The Morgan fingerprint density at radius 1 is 1.26 bits per heavy atom. The minimum absolute atomic E-state index is 0.00120. The monoisotopic (exact) mass is 553 g/mol. The Morgan fingerprint density at radius 3 is 2.71 bits per heavy atom. The number of aromatic nitrogens is 3. The molecule has 3 heterocycles. The zero-order chi connectivity index (χ0) is 22.3. The van der Waals surface area contributed by atoms with Crippen molar-refractivity contribution in [3.05, 3.63) is 45.4 Å². The Labute approximate surface area is 200 Å². The Hall–Kier alpha value is -2.07. The van der Waals surface area contributed by atoms with Gasteiger partial charge >= 0.3 is 6.09 Å². The average Bonchev–Trinajstić information content (AvgIpc) is 3.03. The van der Waals surface area contributed by atoms with Crippen LogP contribution in [0.4, 0.5) is 10.6 Å². The van der Waals surface area contributed by atoms with Crippen molar-refractivity contribution in [3.63, 3.8) is 0 Å². The molecule has 1 saturated heterocycles. The molecule has 1 aromatic carbocycles. The first kappa shape index (κ1) is 22.1. The number of hydrogen-bond donors (Lipinski definition) is 0. The highest BCUT2D eigenvalue weighted by molar-refractivity contribution is 14.1. The molecule has 7 nitrogen and oxygen atoms in total. The predicted octanol–water partition coefficient (Wildman–Crippen LogP) is 5.12. The van der Waals surface area contributed by atoms with Crippen LogP contribution >= 0.6 is 34.2 Å². The Morgan fingerprint density at radius 2 is 2.03 bits per heavy atom. The molecule has 31 heavy (non-hydrogen) atoms. The molecule has 0 spiro atoms. The molecule has 0 bridgehead atoms. The van der Waals surface area contributed by atoms with Gasteiger partial charge in [-0.1, -0.05) is 17.7 Å². The van der Waals surface area contributed by atoms with Crippen LogP contribution < -0.4 is 4.90 Å². The number of nitrogens with zero attached hydrogens (tertiary/aromatic N) is 5. The summed E-state index contributed by atoms with van der Waals surface area (Å²) in [5.74, 6) is 0.880. The number of rotatable bonds is 2. The van der Waals surface area contributed by atoms with Gasteiger partial charge in [-0.15, -0.1) is 0 Å². The first-order valence-electron chi connectivity index (χ1n) is 10.2. The van der Waals surface area contributed by atoms with E-state index >= 15 is 0 Å². The molecule has 3 aromatic rings. The maximum atomic E-state index is 12.6. The molecule has 0 saturated carbocycles. The summed E-state index contributed by atoms with van der Waals surface area (Å²) in [7, 11) is 0. The highest BCUT2D eigenvalue weighted by Crippen LogP contribution is 2.33. The van der Waals surface area contributed by atoms with Gasteiger partial charge in [-0.3, -0.25) is 0 Å². The van der Waals surface area contributed by atoms with Crippen molar-refractivity contribution in [2.24, 2.45) is 0 Å². The highest BCUT2D eigenvalue weighted by atomic mass is 127. The average molecular weight is 554 g/mol. The van der Waals surface area contributed by atoms with Gasteiger partial charge in [0.15, 0.2) is 5.65 Å².